The van der Waals surface area contributed by atoms with E-state index in [1.807, 2.05) is 54.7 Å². The first-order chi connectivity index (χ1) is 17.7. The number of para-hydroxylation sites is 1. The van der Waals surface area contributed by atoms with E-state index in [1.54, 1.807) is 36.4 Å². The fraction of sp³-hybridized carbons (Fsp3) is 0. The average Bonchev–Trinajstić information content (AvgIpc) is 3.29. The summed E-state index contributed by atoms with van der Waals surface area (Å²) >= 11 is 0. The number of aromatic nitrogens is 2. The number of nitrogens with zero attached hydrogens (tertiary/aromatic N) is 2. The number of carbonyl (C=O) groups is 1. The monoisotopic (exact) mass is 662 g/mol. The molecule has 0 saturated carbocycles. The molecule has 0 aliphatic carbocycles. The number of aliphatic hydroxyl groups excluding tert-OH is 1. The van der Waals surface area contributed by atoms with Crippen molar-refractivity contribution < 1.29 is 31.0 Å². The molecule has 0 saturated heterocycles. The molecule has 184 valence electrons. The first kappa shape index (κ1) is 25.8. The van der Waals surface area contributed by atoms with Gasteiger partial charge in [-0.3, -0.25) is 4.79 Å². The van der Waals surface area contributed by atoms with Gasteiger partial charge in [0.2, 0.25) is 0 Å². The van der Waals surface area contributed by atoms with Gasteiger partial charge in [0.1, 0.15) is 5.76 Å². The molecule has 6 aromatic rings. The van der Waals surface area contributed by atoms with Gasteiger partial charge < -0.3 is 14.7 Å². The summed E-state index contributed by atoms with van der Waals surface area (Å²) in [4.78, 5) is 16.3. The fourth-order valence-corrected chi connectivity index (χ4v) is 4.06. The van der Waals surface area contributed by atoms with Gasteiger partial charge >= 0.3 is 0 Å². The molecule has 2 heterocycles. The van der Waals surface area contributed by atoms with Crippen LogP contribution in [0.25, 0.3) is 33.4 Å². The van der Waals surface area contributed by atoms with Crippen molar-refractivity contribution in [2.24, 2.45) is 0 Å². The van der Waals surface area contributed by atoms with Crippen molar-refractivity contribution in [3.8, 4) is 5.69 Å². The van der Waals surface area contributed by atoms with Crippen LogP contribution in [0.3, 0.4) is 0 Å². The molecule has 5 heteroatoms. The maximum absolute atomic E-state index is 11.8. The van der Waals surface area contributed by atoms with Crippen LogP contribution in [0.1, 0.15) is 15.9 Å². The molecule has 0 aliphatic rings. The molecule has 6 rings (SSSR count). The first-order valence-corrected chi connectivity index (χ1v) is 11.6. The summed E-state index contributed by atoms with van der Waals surface area (Å²) in [5.41, 5.74) is 5.61. The molecule has 4 nitrogen and oxygen atoms in total. The van der Waals surface area contributed by atoms with Gasteiger partial charge in [0.15, 0.2) is 5.78 Å². The van der Waals surface area contributed by atoms with E-state index in [0.717, 1.165) is 27.6 Å². The number of ketones is 1. The normalized spacial score (nSPS) is 10.9. The minimum absolute atomic E-state index is 0. The Morgan fingerprint density at radius 2 is 1.32 bits per heavy atom. The second-order valence-corrected chi connectivity index (χ2v) is 8.10. The molecular formula is C32H23N2O2Pt-. The number of rotatable bonds is 4. The molecule has 0 radical (unpaired) electrons. The summed E-state index contributed by atoms with van der Waals surface area (Å²) in [5.74, 6) is -0.216. The van der Waals surface area contributed by atoms with E-state index in [0.29, 0.717) is 11.1 Å². The minimum Gasteiger partial charge on any atom is -0.507 e. The molecule has 37 heavy (non-hydrogen) atoms. The Morgan fingerprint density at radius 1 is 0.730 bits per heavy atom. The Kier molecular flexibility index (Phi) is 8.45. The number of carbonyl (C=O) groups excluding carboxylic acids is 1. The van der Waals surface area contributed by atoms with Crippen LogP contribution in [0.2, 0.25) is 0 Å². The number of benzene rings is 4. The third-order valence-corrected chi connectivity index (χ3v) is 5.75. The van der Waals surface area contributed by atoms with Gasteiger partial charge in [-0.05, 0) is 29.8 Å². The number of pyridine rings is 1. The largest absolute Gasteiger partial charge is 0.507 e. The van der Waals surface area contributed by atoms with Gasteiger partial charge in [0, 0.05) is 61.2 Å². The summed E-state index contributed by atoms with van der Waals surface area (Å²) < 4.78 is 2.23. The van der Waals surface area contributed by atoms with Crippen LogP contribution in [0.5, 0.6) is 0 Å². The second kappa shape index (κ2) is 12.1. The number of aliphatic hydroxyl groups is 1. The predicted molar refractivity (Wildman–Crippen MR) is 145 cm³/mol. The summed E-state index contributed by atoms with van der Waals surface area (Å²) in [6, 6.07) is 41.6. The first-order valence-electron chi connectivity index (χ1n) is 11.6. The topological polar surface area (TPSA) is 55.1 Å². The number of allylic oxidation sites excluding steroid dienone is 1. The smallest absolute Gasteiger partial charge is 0.189 e. The summed E-state index contributed by atoms with van der Waals surface area (Å²) in [6.45, 7) is 0. The molecule has 0 amide bonds. The Hall–Kier alpha value is -4.27. The van der Waals surface area contributed by atoms with Crippen LogP contribution in [0, 0.1) is 6.07 Å². The molecule has 0 fully saturated rings. The van der Waals surface area contributed by atoms with Crippen molar-refractivity contribution in [1.82, 2.24) is 9.55 Å². The predicted octanol–water partition coefficient (Wildman–Crippen LogP) is 7.44. The average molecular weight is 663 g/mol. The minimum atomic E-state index is -0.202. The molecule has 0 unspecified atom stereocenters. The molecule has 4 aromatic carbocycles. The molecule has 0 atom stereocenters. The molecular weight excluding hydrogens is 639 g/mol. The zero-order chi connectivity index (χ0) is 24.7. The Labute approximate surface area is 229 Å². The SMILES string of the molecule is O=C(/C=C(\O)c1ccccc1)c1ccccc1.[Pt].[c-]1cccc2c1c1ncccc1n2-c1ccccc1. The van der Waals surface area contributed by atoms with Crippen molar-refractivity contribution in [3.05, 3.63) is 151 Å². The Bertz CT molecular complexity index is 1590. The quantitative estimate of drug-likeness (QED) is 0.0924. The van der Waals surface area contributed by atoms with Gasteiger partial charge in [0.05, 0.1) is 0 Å². The van der Waals surface area contributed by atoms with E-state index in [9.17, 15) is 9.90 Å². The fourth-order valence-electron chi connectivity index (χ4n) is 4.06. The molecule has 0 aliphatic heterocycles. The number of hydrogen-bond acceptors (Lipinski definition) is 3. The maximum Gasteiger partial charge on any atom is 0.189 e. The van der Waals surface area contributed by atoms with E-state index in [1.165, 1.54) is 6.08 Å². The van der Waals surface area contributed by atoms with Crippen LogP contribution in [0.4, 0.5) is 0 Å². The van der Waals surface area contributed by atoms with Crippen molar-refractivity contribution in [3.63, 3.8) is 0 Å². The third-order valence-electron chi connectivity index (χ3n) is 5.75. The van der Waals surface area contributed by atoms with Gasteiger partial charge in [0.25, 0.3) is 0 Å². The summed E-state index contributed by atoms with van der Waals surface area (Å²) in [7, 11) is 0. The Morgan fingerprint density at radius 3 is 2.00 bits per heavy atom. The second-order valence-electron chi connectivity index (χ2n) is 8.10. The van der Waals surface area contributed by atoms with E-state index >= 15 is 0 Å². The van der Waals surface area contributed by atoms with E-state index in [4.69, 9.17) is 0 Å². The number of hydrogen-bond donors (Lipinski definition) is 1. The van der Waals surface area contributed by atoms with Crippen LogP contribution in [-0.2, 0) is 21.1 Å². The maximum atomic E-state index is 11.8. The van der Waals surface area contributed by atoms with Crippen LogP contribution < -0.4 is 0 Å². The summed E-state index contributed by atoms with van der Waals surface area (Å²) in [6.07, 6.45) is 3.07. The molecule has 1 N–H and O–H groups in total. The van der Waals surface area contributed by atoms with E-state index in [-0.39, 0.29) is 32.6 Å². The van der Waals surface area contributed by atoms with Gasteiger partial charge in [-0.25, -0.2) is 0 Å². The van der Waals surface area contributed by atoms with Crippen LogP contribution in [-0.4, -0.2) is 20.4 Å². The number of fused-ring (bicyclic) bond motifs is 3. The van der Waals surface area contributed by atoms with Gasteiger partial charge in [-0.15, -0.1) is 24.3 Å². The standard InChI is InChI=1S/C17H11N2.C15H12O2.Pt/c1-2-7-13(8-3-1)19-15-10-5-4-9-14(15)17-16(19)11-6-12-18-17;16-14(12-7-3-1-4-8-12)11-15(17)13-9-5-2-6-10-13;/h1-8,10-12H;1-11,16H;/q-1;;/b;14-11-;. The third kappa shape index (κ3) is 5.77. The molecule has 0 bridgehead atoms. The van der Waals surface area contributed by atoms with E-state index < -0.39 is 0 Å². The van der Waals surface area contributed by atoms with Crippen LogP contribution >= 0.6 is 0 Å². The van der Waals surface area contributed by atoms with Crippen molar-refractivity contribution >= 4 is 33.5 Å². The Balaban J connectivity index is 0.000000170. The van der Waals surface area contributed by atoms with E-state index in [2.05, 4.69) is 52.0 Å². The van der Waals surface area contributed by atoms with Crippen LogP contribution in [0.15, 0.2) is 134 Å². The molecule has 0 spiro atoms. The zero-order valence-electron chi connectivity index (χ0n) is 19.8. The van der Waals surface area contributed by atoms with Crippen molar-refractivity contribution in [2.45, 2.75) is 0 Å². The summed E-state index contributed by atoms with van der Waals surface area (Å²) in [5, 5.41) is 10.9. The van der Waals surface area contributed by atoms with Gasteiger partial charge in [-0.2, -0.15) is 0 Å². The van der Waals surface area contributed by atoms with Crippen molar-refractivity contribution in [1.29, 1.82) is 0 Å². The molecule has 2 aromatic heterocycles. The van der Waals surface area contributed by atoms with Gasteiger partial charge in [-0.1, -0.05) is 84.2 Å². The van der Waals surface area contributed by atoms with Crippen molar-refractivity contribution in [2.75, 3.05) is 0 Å². The zero-order valence-corrected chi connectivity index (χ0v) is 22.0.